The summed E-state index contributed by atoms with van der Waals surface area (Å²) in [5.74, 6) is 0.833. The molecule has 3 atom stereocenters. The Morgan fingerprint density at radius 2 is 2.00 bits per heavy atom. The second-order valence-corrected chi connectivity index (χ2v) is 5.89. The molecule has 108 valence electrons. The van der Waals surface area contributed by atoms with Crippen LogP contribution in [0.1, 0.15) is 18.4 Å². The number of carbonyl (C=O) groups is 1. The van der Waals surface area contributed by atoms with Gasteiger partial charge in [0.25, 0.3) is 0 Å². The predicted octanol–water partition coefficient (Wildman–Crippen LogP) is 0.987. The Bertz CT molecular complexity index is 448. The monoisotopic (exact) mass is 273 g/mol. The smallest absolute Gasteiger partial charge is 0.234 e. The summed E-state index contributed by atoms with van der Waals surface area (Å²) in [6.07, 6.45) is 2.46. The number of benzene rings is 1. The van der Waals surface area contributed by atoms with Crippen molar-refractivity contribution < 1.29 is 4.79 Å². The molecule has 1 aromatic carbocycles. The van der Waals surface area contributed by atoms with Crippen molar-refractivity contribution in [3.8, 4) is 0 Å². The molecule has 2 aliphatic rings. The van der Waals surface area contributed by atoms with Gasteiger partial charge in [0.15, 0.2) is 0 Å². The summed E-state index contributed by atoms with van der Waals surface area (Å²) in [7, 11) is 0. The van der Waals surface area contributed by atoms with E-state index in [0.29, 0.717) is 19.1 Å². The van der Waals surface area contributed by atoms with Crippen molar-refractivity contribution in [2.75, 3.05) is 26.2 Å². The van der Waals surface area contributed by atoms with Crippen LogP contribution in [-0.2, 0) is 11.3 Å². The molecule has 0 aliphatic carbocycles. The topological polar surface area (TPSA) is 44.4 Å². The highest BCUT2D eigenvalue weighted by molar-refractivity contribution is 5.78. The second kappa shape index (κ2) is 6.37. The molecule has 1 aromatic rings. The second-order valence-electron chi connectivity index (χ2n) is 5.89. The minimum atomic E-state index is 0.0919. The van der Waals surface area contributed by atoms with Crippen molar-refractivity contribution in [2.24, 2.45) is 5.92 Å². The summed E-state index contributed by atoms with van der Waals surface area (Å²) in [4.78, 5) is 14.4. The van der Waals surface area contributed by atoms with Crippen LogP contribution in [0.15, 0.2) is 30.3 Å². The van der Waals surface area contributed by atoms with Crippen LogP contribution in [0.25, 0.3) is 0 Å². The molecule has 0 radical (unpaired) electrons. The fourth-order valence-corrected chi connectivity index (χ4v) is 3.30. The Morgan fingerprint density at radius 1 is 1.20 bits per heavy atom. The SMILES string of the molecule is O=C(CNC1CCN2CCC1C2)NCc1ccccc1. The van der Waals surface area contributed by atoms with Gasteiger partial charge in [-0.3, -0.25) is 4.79 Å². The third-order valence-corrected chi connectivity index (χ3v) is 4.49. The number of nitrogens with one attached hydrogen (secondary N) is 2. The number of piperidine rings is 1. The number of fused-ring (bicyclic) bond motifs is 2. The zero-order chi connectivity index (χ0) is 13.8. The summed E-state index contributed by atoms with van der Waals surface area (Å²) >= 11 is 0. The van der Waals surface area contributed by atoms with Crippen molar-refractivity contribution in [1.82, 2.24) is 15.5 Å². The number of nitrogens with zero attached hydrogens (tertiary/aromatic N) is 1. The van der Waals surface area contributed by atoms with Gasteiger partial charge in [-0.15, -0.1) is 0 Å². The van der Waals surface area contributed by atoms with Crippen molar-refractivity contribution >= 4 is 5.91 Å². The number of hydrogen-bond donors (Lipinski definition) is 2. The van der Waals surface area contributed by atoms with Crippen LogP contribution >= 0.6 is 0 Å². The highest BCUT2D eigenvalue weighted by atomic mass is 16.1. The molecular formula is C16H23N3O. The zero-order valence-electron chi connectivity index (χ0n) is 11.8. The lowest BCUT2D eigenvalue weighted by Gasteiger charge is -2.30. The highest BCUT2D eigenvalue weighted by Gasteiger charge is 2.33. The molecule has 2 saturated heterocycles. The van der Waals surface area contributed by atoms with E-state index in [1.807, 2.05) is 30.3 Å². The van der Waals surface area contributed by atoms with Crippen LogP contribution in [0.5, 0.6) is 0 Å². The summed E-state index contributed by atoms with van der Waals surface area (Å²) in [5.41, 5.74) is 1.14. The van der Waals surface area contributed by atoms with E-state index in [1.165, 1.54) is 32.5 Å². The molecule has 0 spiro atoms. The number of hydrogen-bond acceptors (Lipinski definition) is 3. The van der Waals surface area contributed by atoms with E-state index in [9.17, 15) is 4.79 Å². The van der Waals surface area contributed by atoms with Gasteiger partial charge < -0.3 is 15.5 Å². The first-order valence-electron chi connectivity index (χ1n) is 7.57. The van der Waals surface area contributed by atoms with Gasteiger partial charge in [0, 0.05) is 19.1 Å². The van der Waals surface area contributed by atoms with E-state index in [0.717, 1.165) is 11.5 Å². The van der Waals surface area contributed by atoms with Gasteiger partial charge >= 0.3 is 0 Å². The first kappa shape index (κ1) is 13.6. The van der Waals surface area contributed by atoms with Gasteiger partial charge in [-0.1, -0.05) is 30.3 Å². The van der Waals surface area contributed by atoms with Crippen molar-refractivity contribution in [1.29, 1.82) is 0 Å². The van der Waals surface area contributed by atoms with Crippen LogP contribution in [0.3, 0.4) is 0 Å². The molecule has 4 nitrogen and oxygen atoms in total. The first-order valence-corrected chi connectivity index (χ1v) is 7.57. The number of carbonyl (C=O) groups excluding carboxylic acids is 1. The molecule has 2 bridgehead atoms. The van der Waals surface area contributed by atoms with E-state index < -0.39 is 0 Å². The maximum absolute atomic E-state index is 11.9. The molecule has 3 unspecified atom stereocenters. The van der Waals surface area contributed by atoms with Gasteiger partial charge in [-0.05, 0) is 37.4 Å². The third-order valence-electron chi connectivity index (χ3n) is 4.49. The van der Waals surface area contributed by atoms with Crippen molar-refractivity contribution in [3.05, 3.63) is 35.9 Å². The minimum Gasteiger partial charge on any atom is -0.351 e. The maximum atomic E-state index is 11.9. The fraction of sp³-hybridized carbons (Fsp3) is 0.562. The Hall–Kier alpha value is -1.39. The quantitative estimate of drug-likeness (QED) is 0.841. The van der Waals surface area contributed by atoms with Crippen LogP contribution in [0, 0.1) is 5.92 Å². The molecular weight excluding hydrogens is 250 g/mol. The van der Waals surface area contributed by atoms with E-state index in [4.69, 9.17) is 0 Å². The lowest BCUT2D eigenvalue weighted by Crippen LogP contribution is -2.47. The zero-order valence-corrected chi connectivity index (χ0v) is 11.8. The summed E-state index contributed by atoms with van der Waals surface area (Å²) < 4.78 is 0. The van der Waals surface area contributed by atoms with Gasteiger partial charge in [-0.25, -0.2) is 0 Å². The van der Waals surface area contributed by atoms with Gasteiger partial charge in [0.05, 0.1) is 6.54 Å². The molecule has 2 N–H and O–H groups in total. The fourth-order valence-electron chi connectivity index (χ4n) is 3.30. The molecule has 0 aromatic heterocycles. The highest BCUT2D eigenvalue weighted by Crippen LogP contribution is 2.26. The van der Waals surface area contributed by atoms with Crippen LogP contribution in [0.4, 0.5) is 0 Å². The average molecular weight is 273 g/mol. The van der Waals surface area contributed by atoms with Crippen LogP contribution in [-0.4, -0.2) is 43.0 Å². The Balaban J connectivity index is 1.39. The molecule has 20 heavy (non-hydrogen) atoms. The van der Waals surface area contributed by atoms with E-state index in [2.05, 4.69) is 15.5 Å². The minimum absolute atomic E-state index is 0.0919. The normalized spacial score (nSPS) is 28.3. The maximum Gasteiger partial charge on any atom is 0.234 e. The van der Waals surface area contributed by atoms with E-state index in [1.54, 1.807) is 0 Å². The molecule has 2 fully saturated rings. The molecule has 4 heteroatoms. The average Bonchev–Trinajstić information content (AvgIpc) is 2.88. The largest absolute Gasteiger partial charge is 0.351 e. The van der Waals surface area contributed by atoms with Crippen molar-refractivity contribution in [2.45, 2.75) is 25.4 Å². The number of amides is 1. The van der Waals surface area contributed by atoms with E-state index >= 15 is 0 Å². The molecule has 2 aliphatic heterocycles. The van der Waals surface area contributed by atoms with Gasteiger partial charge in [0.2, 0.25) is 5.91 Å². The Labute approximate surface area is 120 Å². The molecule has 3 rings (SSSR count). The summed E-state index contributed by atoms with van der Waals surface area (Å²) in [6, 6.07) is 10.6. The lowest BCUT2D eigenvalue weighted by atomic mass is 9.94. The van der Waals surface area contributed by atoms with Crippen molar-refractivity contribution in [3.63, 3.8) is 0 Å². The standard InChI is InChI=1S/C16H23N3O/c20-16(18-10-13-4-2-1-3-5-13)11-17-15-7-9-19-8-6-14(15)12-19/h1-5,14-15,17H,6-12H2,(H,18,20). The Kier molecular flexibility index (Phi) is 4.33. The van der Waals surface area contributed by atoms with Crippen LogP contribution in [0.2, 0.25) is 0 Å². The van der Waals surface area contributed by atoms with Gasteiger partial charge in [-0.2, -0.15) is 0 Å². The number of rotatable bonds is 5. The molecule has 0 saturated carbocycles. The third kappa shape index (κ3) is 3.38. The lowest BCUT2D eigenvalue weighted by molar-refractivity contribution is -0.120. The van der Waals surface area contributed by atoms with Gasteiger partial charge in [0.1, 0.15) is 0 Å². The summed E-state index contributed by atoms with van der Waals surface area (Å²) in [5, 5.41) is 6.42. The summed E-state index contributed by atoms with van der Waals surface area (Å²) in [6.45, 7) is 4.68. The predicted molar refractivity (Wildman–Crippen MR) is 79.2 cm³/mol. The van der Waals surface area contributed by atoms with Crippen LogP contribution < -0.4 is 10.6 Å². The van der Waals surface area contributed by atoms with E-state index in [-0.39, 0.29) is 5.91 Å². The Morgan fingerprint density at radius 3 is 2.85 bits per heavy atom. The molecule has 1 amide bonds. The first-order chi connectivity index (χ1) is 9.81. The molecule has 2 heterocycles.